The van der Waals surface area contributed by atoms with Crippen molar-refractivity contribution < 1.29 is 14.3 Å². The average Bonchev–Trinajstić information content (AvgIpc) is 2.77. The first kappa shape index (κ1) is 18.7. The molecule has 1 aromatic heterocycles. The lowest BCUT2D eigenvalue weighted by Gasteiger charge is -2.36. The third-order valence-electron chi connectivity index (χ3n) is 5.62. The van der Waals surface area contributed by atoms with Gasteiger partial charge < -0.3 is 14.8 Å². The maximum atomic E-state index is 13.2. The van der Waals surface area contributed by atoms with Crippen molar-refractivity contribution in [2.45, 2.75) is 38.8 Å². The van der Waals surface area contributed by atoms with Crippen molar-refractivity contribution >= 4 is 28.1 Å². The van der Waals surface area contributed by atoms with Crippen molar-refractivity contribution in [2.24, 2.45) is 0 Å². The second-order valence-electron chi connectivity index (χ2n) is 7.85. The molecule has 0 spiro atoms. The quantitative estimate of drug-likeness (QED) is 0.646. The number of hydrogen-bond acceptors (Lipinski definition) is 5. The van der Waals surface area contributed by atoms with E-state index in [0.717, 1.165) is 39.9 Å². The van der Waals surface area contributed by atoms with E-state index >= 15 is 0 Å². The summed E-state index contributed by atoms with van der Waals surface area (Å²) < 4.78 is 12.0. The molecule has 2 aromatic carbocycles. The minimum Gasteiger partial charge on any atom is -0.494 e. The maximum absolute atomic E-state index is 13.2. The van der Waals surface area contributed by atoms with E-state index in [4.69, 9.17) is 9.47 Å². The summed E-state index contributed by atoms with van der Waals surface area (Å²) in [4.78, 5) is 17.6. The summed E-state index contributed by atoms with van der Waals surface area (Å²) in [6.07, 6.45) is 2.97. The summed E-state index contributed by atoms with van der Waals surface area (Å²) in [5.41, 5.74) is 4.46. The fourth-order valence-electron chi connectivity index (χ4n) is 4.26. The van der Waals surface area contributed by atoms with Gasteiger partial charge in [0.05, 0.1) is 23.7 Å². The van der Waals surface area contributed by atoms with Crippen LogP contribution in [0.5, 0.6) is 5.75 Å². The molecular weight excluding hydrogens is 376 g/mol. The first-order valence-electron chi connectivity index (χ1n) is 10.5. The van der Waals surface area contributed by atoms with Crippen LogP contribution in [0.2, 0.25) is 0 Å². The Labute approximate surface area is 175 Å². The lowest BCUT2D eigenvalue weighted by atomic mass is 9.84. The smallest absolute Gasteiger partial charge is 0.168 e. The van der Waals surface area contributed by atoms with Crippen LogP contribution in [0.25, 0.3) is 16.7 Å². The van der Waals surface area contributed by atoms with E-state index in [0.29, 0.717) is 24.4 Å². The van der Waals surface area contributed by atoms with Gasteiger partial charge in [0.25, 0.3) is 0 Å². The fraction of sp³-hybridized carbons (Fsp3) is 0.280. The largest absolute Gasteiger partial charge is 0.494 e. The highest BCUT2D eigenvalue weighted by atomic mass is 16.5. The van der Waals surface area contributed by atoms with Gasteiger partial charge in [0.1, 0.15) is 17.6 Å². The summed E-state index contributed by atoms with van der Waals surface area (Å²) in [6.45, 7) is 4.72. The van der Waals surface area contributed by atoms with Gasteiger partial charge in [0.15, 0.2) is 5.78 Å². The van der Waals surface area contributed by atoms with Crippen molar-refractivity contribution in [1.29, 1.82) is 0 Å². The van der Waals surface area contributed by atoms with Gasteiger partial charge in [-0.1, -0.05) is 25.1 Å². The minimum atomic E-state index is -0.262. The molecule has 0 fully saturated rings. The Morgan fingerprint density at radius 3 is 2.80 bits per heavy atom. The Morgan fingerprint density at radius 1 is 1.17 bits per heavy atom. The van der Waals surface area contributed by atoms with Gasteiger partial charge >= 0.3 is 0 Å². The maximum Gasteiger partial charge on any atom is 0.168 e. The summed E-state index contributed by atoms with van der Waals surface area (Å²) >= 11 is 0. The Bertz CT molecular complexity index is 1150. The number of aromatic nitrogens is 1. The Kier molecular flexibility index (Phi) is 4.66. The van der Waals surface area contributed by atoms with E-state index < -0.39 is 0 Å². The molecule has 3 aromatic rings. The minimum absolute atomic E-state index is 0.124. The number of ketones is 1. The molecule has 0 saturated heterocycles. The van der Waals surface area contributed by atoms with Crippen molar-refractivity contribution in [3.63, 3.8) is 0 Å². The molecule has 0 radical (unpaired) electrons. The van der Waals surface area contributed by atoms with Gasteiger partial charge in [0.2, 0.25) is 0 Å². The Hall–Kier alpha value is -3.34. The van der Waals surface area contributed by atoms with Crippen LogP contribution in [0, 0.1) is 0 Å². The number of rotatable bonds is 4. The van der Waals surface area contributed by atoms with E-state index in [2.05, 4.69) is 17.2 Å². The van der Waals surface area contributed by atoms with Crippen LogP contribution < -0.4 is 10.1 Å². The molecule has 1 N–H and O–H groups in total. The zero-order valence-corrected chi connectivity index (χ0v) is 17.1. The van der Waals surface area contributed by atoms with Gasteiger partial charge in [-0.25, -0.2) is 0 Å². The predicted molar refractivity (Wildman–Crippen MR) is 117 cm³/mol. The molecule has 0 amide bonds. The molecule has 0 saturated carbocycles. The lowest BCUT2D eigenvalue weighted by Crippen LogP contribution is -2.32. The number of carbonyl (C=O) groups excluding carboxylic acids is 1. The molecule has 0 bridgehead atoms. The van der Waals surface area contributed by atoms with E-state index in [1.807, 2.05) is 55.5 Å². The number of pyridine rings is 1. The highest BCUT2D eigenvalue weighted by Gasteiger charge is 2.38. The highest BCUT2D eigenvalue weighted by molar-refractivity contribution is 6.10. The zero-order valence-electron chi connectivity index (χ0n) is 17.1. The van der Waals surface area contributed by atoms with Gasteiger partial charge in [0, 0.05) is 29.3 Å². The number of fused-ring (bicyclic) bond motifs is 4. The number of Topliss-reactive ketones (excluding diaryl/α,β-unsaturated/α-hetero) is 1. The van der Waals surface area contributed by atoms with Crippen LogP contribution in [0.15, 0.2) is 60.3 Å². The van der Waals surface area contributed by atoms with E-state index in [1.165, 1.54) is 0 Å². The van der Waals surface area contributed by atoms with Crippen LogP contribution in [-0.2, 0) is 9.53 Å². The van der Waals surface area contributed by atoms with Gasteiger partial charge in [-0.15, -0.1) is 0 Å². The number of nitrogens with zero attached hydrogens (tertiary/aromatic N) is 1. The second-order valence-corrected chi connectivity index (χ2v) is 7.85. The summed E-state index contributed by atoms with van der Waals surface area (Å²) in [7, 11) is 0. The van der Waals surface area contributed by atoms with Gasteiger partial charge in [-0.3, -0.25) is 9.78 Å². The van der Waals surface area contributed by atoms with Crippen molar-refractivity contribution in [2.75, 3.05) is 11.9 Å². The van der Waals surface area contributed by atoms with E-state index in [1.54, 1.807) is 6.20 Å². The number of hydrogen-bond donors (Lipinski definition) is 1. The molecule has 2 aliphatic heterocycles. The third kappa shape index (κ3) is 3.11. The van der Waals surface area contributed by atoms with Crippen molar-refractivity contribution in [3.8, 4) is 5.75 Å². The molecule has 3 heterocycles. The van der Waals surface area contributed by atoms with Gasteiger partial charge in [-0.2, -0.15) is 0 Å². The van der Waals surface area contributed by atoms with Gasteiger partial charge in [-0.05, 0) is 49.2 Å². The molecule has 5 rings (SSSR count). The van der Waals surface area contributed by atoms with Crippen LogP contribution in [0.3, 0.4) is 0 Å². The lowest BCUT2D eigenvalue weighted by molar-refractivity contribution is -0.118. The standard InChI is InChI=1S/C25H24N2O3/c1-3-13-29-17-8-6-16(7-9-17)24-23-21(28)14-15(2)30-25(23)22-18-5-4-12-26-19(18)10-11-20(22)27-24/h4-12,15,24,27H,3,13-14H2,1-2H3/t15-,24-/m1/s1. The first-order valence-corrected chi connectivity index (χ1v) is 10.5. The molecule has 2 atom stereocenters. The first-order chi connectivity index (χ1) is 14.7. The zero-order chi connectivity index (χ0) is 20.7. The molecular formula is C25H24N2O3. The summed E-state index contributed by atoms with van der Waals surface area (Å²) in [5, 5.41) is 4.57. The second kappa shape index (κ2) is 7.48. The van der Waals surface area contributed by atoms with Crippen LogP contribution >= 0.6 is 0 Å². The molecule has 152 valence electrons. The average molecular weight is 400 g/mol. The van der Waals surface area contributed by atoms with Crippen molar-refractivity contribution in [1.82, 2.24) is 4.98 Å². The molecule has 5 heteroatoms. The highest BCUT2D eigenvalue weighted by Crippen LogP contribution is 2.46. The number of anilines is 1. The fourth-order valence-corrected chi connectivity index (χ4v) is 4.26. The topological polar surface area (TPSA) is 60.5 Å². The molecule has 5 nitrogen and oxygen atoms in total. The molecule has 0 aliphatic carbocycles. The Balaban J connectivity index is 1.64. The number of carbonyl (C=O) groups is 1. The monoisotopic (exact) mass is 400 g/mol. The van der Waals surface area contributed by atoms with E-state index in [9.17, 15) is 4.79 Å². The summed E-state index contributed by atoms with van der Waals surface area (Å²) in [5.74, 6) is 1.64. The molecule has 2 aliphatic rings. The predicted octanol–water partition coefficient (Wildman–Crippen LogP) is 5.28. The van der Waals surface area contributed by atoms with Crippen LogP contribution in [0.1, 0.15) is 43.9 Å². The molecule has 0 unspecified atom stereocenters. The van der Waals surface area contributed by atoms with Crippen LogP contribution in [0.4, 0.5) is 5.69 Å². The number of nitrogens with one attached hydrogen (secondary N) is 1. The normalized spacial score (nSPS) is 20.3. The van der Waals surface area contributed by atoms with Crippen LogP contribution in [-0.4, -0.2) is 23.5 Å². The third-order valence-corrected chi connectivity index (χ3v) is 5.62. The van der Waals surface area contributed by atoms with E-state index in [-0.39, 0.29) is 17.9 Å². The van der Waals surface area contributed by atoms with Crippen molar-refractivity contribution in [3.05, 3.63) is 71.4 Å². The summed E-state index contributed by atoms with van der Waals surface area (Å²) in [6, 6.07) is 15.7. The molecule has 30 heavy (non-hydrogen) atoms. The SMILES string of the molecule is CCCOc1ccc([C@H]2Nc3ccc4ncccc4c3C3=C2C(=O)C[C@@H](C)O3)cc1. The number of ether oxygens (including phenoxy) is 2. The Morgan fingerprint density at radius 2 is 2.00 bits per heavy atom. The number of benzene rings is 2.